The number of nitrogens with one attached hydrogen (secondary N) is 1. The largest absolute Gasteiger partial charge is 0.316 e. The second-order valence-corrected chi connectivity index (χ2v) is 7.74. The van der Waals surface area contributed by atoms with Crippen molar-refractivity contribution < 1.29 is 0 Å². The lowest BCUT2D eigenvalue weighted by Crippen LogP contribution is -2.15. The minimum atomic E-state index is -0.0822. The van der Waals surface area contributed by atoms with E-state index in [9.17, 15) is 0 Å². The van der Waals surface area contributed by atoms with Gasteiger partial charge in [-0.2, -0.15) is 0 Å². The van der Waals surface area contributed by atoms with Crippen molar-refractivity contribution in [3.63, 3.8) is 0 Å². The molecule has 0 atom stereocenters. The topological polar surface area (TPSA) is 63.6 Å². The zero-order valence-corrected chi connectivity index (χ0v) is 15.4. The minimum absolute atomic E-state index is 0.0822. The van der Waals surface area contributed by atoms with Crippen LogP contribution in [0.1, 0.15) is 38.0 Å². The van der Waals surface area contributed by atoms with Crippen LogP contribution in [0.5, 0.6) is 0 Å². The Balaban J connectivity index is 1.92. The monoisotopic (exact) mass is 339 g/mol. The van der Waals surface area contributed by atoms with Crippen molar-refractivity contribution in [3.05, 3.63) is 47.7 Å². The lowest BCUT2D eigenvalue weighted by Gasteiger charge is -2.16. The van der Waals surface area contributed by atoms with E-state index in [2.05, 4.69) is 41.0 Å². The molecule has 0 aliphatic carbocycles. The Morgan fingerprint density at radius 2 is 1.79 bits per heavy atom. The fourth-order valence-electron chi connectivity index (χ4n) is 2.26. The van der Waals surface area contributed by atoms with Gasteiger partial charge >= 0.3 is 0 Å². The highest BCUT2D eigenvalue weighted by atomic mass is 32.1. The van der Waals surface area contributed by atoms with E-state index in [0.29, 0.717) is 0 Å². The van der Waals surface area contributed by atoms with Gasteiger partial charge in [0.25, 0.3) is 0 Å². The second kappa shape index (κ2) is 6.28. The van der Waals surface area contributed by atoms with Crippen molar-refractivity contribution >= 4 is 22.3 Å². The van der Waals surface area contributed by atoms with Crippen LogP contribution in [0.4, 0.5) is 10.9 Å². The van der Waals surface area contributed by atoms with Crippen LogP contribution in [0.3, 0.4) is 0 Å². The number of rotatable bonds is 3. The van der Waals surface area contributed by atoms with Gasteiger partial charge in [-0.05, 0) is 32.0 Å². The first-order valence-electron chi connectivity index (χ1n) is 7.85. The standard InChI is InChI=1S/C18H21N5S/c1-11-7-6-8-14(20-11)23-17-21-12(2)15(24-17)13-9-10-19-16(22-13)18(3,4)5/h6-10H,1-5H3,(H,20,21,23). The maximum Gasteiger partial charge on any atom is 0.189 e. The van der Waals surface area contributed by atoms with E-state index in [1.54, 1.807) is 11.3 Å². The number of hydrogen-bond donors (Lipinski definition) is 1. The Kier molecular flexibility index (Phi) is 4.32. The van der Waals surface area contributed by atoms with Crippen LogP contribution >= 0.6 is 11.3 Å². The van der Waals surface area contributed by atoms with Crippen LogP contribution < -0.4 is 5.32 Å². The second-order valence-electron chi connectivity index (χ2n) is 6.74. The Hall–Kier alpha value is -2.34. The molecule has 3 aromatic rings. The first-order valence-corrected chi connectivity index (χ1v) is 8.66. The number of aromatic nitrogens is 4. The third kappa shape index (κ3) is 3.59. The molecule has 3 rings (SSSR count). The molecule has 3 aromatic heterocycles. The summed E-state index contributed by atoms with van der Waals surface area (Å²) in [5.74, 6) is 1.64. The molecule has 0 fully saturated rings. The lowest BCUT2D eigenvalue weighted by molar-refractivity contribution is 0.546. The zero-order valence-electron chi connectivity index (χ0n) is 14.6. The molecule has 0 radical (unpaired) electrons. The Morgan fingerprint density at radius 1 is 1.00 bits per heavy atom. The summed E-state index contributed by atoms with van der Waals surface area (Å²) in [5, 5.41) is 4.09. The molecule has 0 saturated carbocycles. The molecule has 6 heteroatoms. The number of hydrogen-bond acceptors (Lipinski definition) is 6. The highest BCUT2D eigenvalue weighted by Gasteiger charge is 2.19. The molecule has 0 bridgehead atoms. The molecule has 1 N–H and O–H groups in total. The van der Waals surface area contributed by atoms with Crippen LogP contribution in [0.2, 0.25) is 0 Å². The summed E-state index contributed by atoms with van der Waals surface area (Å²) in [6.45, 7) is 10.3. The van der Waals surface area contributed by atoms with Crippen LogP contribution in [0.15, 0.2) is 30.5 Å². The Labute approximate surface area is 146 Å². The summed E-state index contributed by atoms with van der Waals surface area (Å²) in [4.78, 5) is 19.2. The smallest absolute Gasteiger partial charge is 0.189 e. The van der Waals surface area contributed by atoms with Gasteiger partial charge in [-0.25, -0.2) is 19.9 Å². The van der Waals surface area contributed by atoms with Gasteiger partial charge in [0.1, 0.15) is 11.6 Å². The maximum absolute atomic E-state index is 4.73. The summed E-state index contributed by atoms with van der Waals surface area (Å²) >= 11 is 1.58. The van der Waals surface area contributed by atoms with Crippen LogP contribution in [0.25, 0.3) is 10.6 Å². The number of thiazole rings is 1. The van der Waals surface area contributed by atoms with E-state index in [0.717, 1.165) is 38.7 Å². The van der Waals surface area contributed by atoms with Gasteiger partial charge in [-0.3, -0.25) is 0 Å². The normalized spacial score (nSPS) is 11.5. The van der Waals surface area contributed by atoms with Crippen LogP contribution in [-0.4, -0.2) is 19.9 Å². The SMILES string of the molecule is Cc1cccc(Nc2nc(C)c(-c3ccnc(C(C)(C)C)n3)s2)n1. The number of nitrogens with zero attached hydrogens (tertiary/aromatic N) is 4. The molecule has 24 heavy (non-hydrogen) atoms. The molecule has 0 aliphatic heterocycles. The van der Waals surface area contributed by atoms with E-state index in [-0.39, 0.29) is 5.41 Å². The quantitative estimate of drug-likeness (QED) is 0.752. The van der Waals surface area contributed by atoms with Gasteiger partial charge in [0.2, 0.25) is 0 Å². The van der Waals surface area contributed by atoms with Gasteiger partial charge in [0.15, 0.2) is 5.13 Å². The highest BCUT2D eigenvalue weighted by molar-refractivity contribution is 7.19. The van der Waals surface area contributed by atoms with E-state index in [1.807, 2.05) is 44.3 Å². The molecule has 0 amide bonds. The van der Waals surface area contributed by atoms with Crippen LogP contribution in [0, 0.1) is 13.8 Å². The highest BCUT2D eigenvalue weighted by Crippen LogP contribution is 2.33. The van der Waals surface area contributed by atoms with Gasteiger partial charge < -0.3 is 5.32 Å². The number of anilines is 2. The molecule has 0 aromatic carbocycles. The molecular formula is C18H21N5S. The van der Waals surface area contributed by atoms with E-state index in [4.69, 9.17) is 4.98 Å². The number of aryl methyl sites for hydroxylation is 2. The van der Waals surface area contributed by atoms with Crippen molar-refractivity contribution in [3.8, 4) is 10.6 Å². The molecule has 0 spiro atoms. The van der Waals surface area contributed by atoms with Crippen molar-refractivity contribution in [1.29, 1.82) is 0 Å². The third-order valence-electron chi connectivity index (χ3n) is 3.48. The van der Waals surface area contributed by atoms with Gasteiger partial charge in [0.05, 0.1) is 16.3 Å². The summed E-state index contributed by atoms with van der Waals surface area (Å²) in [6.07, 6.45) is 1.82. The Bertz CT molecular complexity index is 864. The molecule has 0 aliphatic rings. The molecular weight excluding hydrogens is 318 g/mol. The Morgan fingerprint density at radius 3 is 2.50 bits per heavy atom. The van der Waals surface area contributed by atoms with Crippen molar-refractivity contribution in [2.45, 2.75) is 40.0 Å². The number of pyridine rings is 1. The van der Waals surface area contributed by atoms with E-state index in [1.165, 1.54) is 0 Å². The maximum atomic E-state index is 4.73. The summed E-state index contributed by atoms with van der Waals surface area (Å²) in [6, 6.07) is 7.82. The first-order chi connectivity index (χ1) is 11.3. The predicted octanol–water partition coefficient (Wildman–Crippen LogP) is 4.65. The molecule has 0 saturated heterocycles. The zero-order chi connectivity index (χ0) is 17.3. The average molecular weight is 339 g/mol. The molecule has 124 valence electrons. The first kappa shape index (κ1) is 16.5. The third-order valence-corrected chi connectivity index (χ3v) is 4.57. The predicted molar refractivity (Wildman–Crippen MR) is 98.8 cm³/mol. The fraction of sp³-hybridized carbons (Fsp3) is 0.333. The van der Waals surface area contributed by atoms with Crippen molar-refractivity contribution in [2.24, 2.45) is 0 Å². The van der Waals surface area contributed by atoms with Crippen LogP contribution in [-0.2, 0) is 5.41 Å². The van der Waals surface area contributed by atoms with Crippen molar-refractivity contribution in [2.75, 3.05) is 5.32 Å². The van der Waals surface area contributed by atoms with Crippen molar-refractivity contribution in [1.82, 2.24) is 19.9 Å². The summed E-state index contributed by atoms with van der Waals surface area (Å²) in [5.41, 5.74) is 2.75. The lowest BCUT2D eigenvalue weighted by atomic mass is 9.95. The fourth-order valence-corrected chi connectivity index (χ4v) is 3.20. The van der Waals surface area contributed by atoms with Gasteiger partial charge in [0, 0.05) is 17.3 Å². The minimum Gasteiger partial charge on any atom is -0.316 e. The molecule has 5 nitrogen and oxygen atoms in total. The summed E-state index contributed by atoms with van der Waals surface area (Å²) < 4.78 is 0. The molecule has 3 heterocycles. The van der Waals surface area contributed by atoms with Gasteiger partial charge in [-0.1, -0.05) is 38.2 Å². The van der Waals surface area contributed by atoms with Gasteiger partial charge in [-0.15, -0.1) is 0 Å². The van der Waals surface area contributed by atoms with E-state index >= 15 is 0 Å². The average Bonchev–Trinajstić information content (AvgIpc) is 2.87. The molecule has 0 unspecified atom stereocenters. The van der Waals surface area contributed by atoms with E-state index < -0.39 is 0 Å². The summed E-state index contributed by atoms with van der Waals surface area (Å²) in [7, 11) is 0.